The van der Waals surface area contributed by atoms with Crippen molar-refractivity contribution in [3.05, 3.63) is 29.3 Å². The van der Waals surface area contributed by atoms with Crippen LogP contribution in [-0.2, 0) is 6.18 Å². The highest BCUT2D eigenvalue weighted by Crippen LogP contribution is 2.34. The quantitative estimate of drug-likeness (QED) is 0.851. The molecule has 1 fully saturated rings. The van der Waals surface area contributed by atoms with Crippen molar-refractivity contribution in [2.45, 2.75) is 6.18 Å². The SMILES string of the molecule is NC(=O)c1ccc(N2CCNCC2)cc1C(F)(F)F. The number of primary amides is 1. The van der Waals surface area contributed by atoms with E-state index in [0.29, 0.717) is 18.8 Å². The molecule has 19 heavy (non-hydrogen) atoms. The average Bonchev–Trinajstić information content (AvgIpc) is 2.38. The fraction of sp³-hybridized carbons (Fsp3) is 0.417. The van der Waals surface area contributed by atoms with E-state index >= 15 is 0 Å². The van der Waals surface area contributed by atoms with Crippen molar-refractivity contribution in [2.75, 3.05) is 31.1 Å². The number of nitrogens with zero attached hydrogens (tertiary/aromatic N) is 1. The maximum atomic E-state index is 12.9. The maximum absolute atomic E-state index is 12.9. The van der Waals surface area contributed by atoms with E-state index in [1.54, 1.807) is 0 Å². The van der Waals surface area contributed by atoms with Gasteiger partial charge in [-0.15, -0.1) is 0 Å². The minimum atomic E-state index is -4.59. The number of halogens is 3. The Morgan fingerprint density at radius 3 is 2.42 bits per heavy atom. The van der Waals surface area contributed by atoms with Gasteiger partial charge in [-0.05, 0) is 18.2 Å². The van der Waals surface area contributed by atoms with Gasteiger partial charge >= 0.3 is 6.18 Å². The highest BCUT2D eigenvalue weighted by Gasteiger charge is 2.35. The van der Waals surface area contributed by atoms with E-state index in [2.05, 4.69) is 5.32 Å². The van der Waals surface area contributed by atoms with Crippen LogP contribution < -0.4 is 16.0 Å². The topological polar surface area (TPSA) is 58.4 Å². The molecule has 1 amide bonds. The first kappa shape index (κ1) is 13.7. The molecule has 0 radical (unpaired) electrons. The van der Waals surface area contributed by atoms with Gasteiger partial charge in [0.2, 0.25) is 5.91 Å². The van der Waals surface area contributed by atoms with Gasteiger partial charge in [0, 0.05) is 31.9 Å². The molecule has 0 aromatic heterocycles. The molecule has 1 aliphatic rings. The lowest BCUT2D eigenvalue weighted by Crippen LogP contribution is -2.43. The molecule has 1 saturated heterocycles. The largest absolute Gasteiger partial charge is 0.417 e. The van der Waals surface area contributed by atoms with Crippen molar-refractivity contribution >= 4 is 11.6 Å². The zero-order chi connectivity index (χ0) is 14.0. The van der Waals surface area contributed by atoms with Crippen molar-refractivity contribution in [1.82, 2.24) is 5.32 Å². The highest BCUT2D eigenvalue weighted by molar-refractivity contribution is 5.95. The number of hydrogen-bond acceptors (Lipinski definition) is 3. The fourth-order valence-electron chi connectivity index (χ4n) is 2.10. The summed E-state index contributed by atoms with van der Waals surface area (Å²) in [4.78, 5) is 12.9. The van der Waals surface area contributed by atoms with Crippen LogP contribution in [0, 0.1) is 0 Å². The van der Waals surface area contributed by atoms with Crippen molar-refractivity contribution in [1.29, 1.82) is 0 Å². The van der Waals surface area contributed by atoms with Crippen molar-refractivity contribution in [3.8, 4) is 0 Å². The smallest absolute Gasteiger partial charge is 0.369 e. The Hall–Kier alpha value is -1.76. The summed E-state index contributed by atoms with van der Waals surface area (Å²) in [5.74, 6) is -1.07. The van der Waals surface area contributed by atoms with Crippen LogP contribution in [-0.4, -0.2) is 32.1 Å². The van der Waals surface area contributed by atoms with Crippen LogP contribution in [0.1, 0.15) is 15.9 Å². The van der Waals surface area contributed by atoms with Crippen molar-refractivity contribution in [2.24, 2.45) is 5.73 Å². The van der Waals surface area contributed by atoms with Crippen LogP contribution in [0.3, 0.4) is 0 Å². The molecule has 1 heterocycles. The number of carbonyl (C=O) groups is 1. The number of benzene rings is 1. The van der Waals surface area contributed by atoms with Gasteiger partial charge in [-0.2, -0.15) is 13.2 Å². The highest BCUT2D eigenvalue weighted by atomic mass is 19.4. The molecule has 0 unspecified atom stereocenters. The van der Waals surface area contributed by atoms with Gasteiger partial charge in [-0.3, -0.25) is 4.79 Å². The number of nitrogens with one attached hydrogen (secondary N) is 1. The summed E-state index contributed by atoms with van der Waals surface area (Å²) in [6.07, 6.45) is -4.59. The first-order chi connectivity index (χ1) is 8.89. The molecule has 0 aliphatic carbocycles. The zero-order valence-electron chi connectivity index (χ0n) is 10.1. The van der Waals surface area contributed by atoms with Gasteiger partial charge in [0.15, 0.2) is 0 Å². The number of piperazine rings is 1. The molecular weight excluding hydrogens is 259 g/mol. The summed E-state index contributed by atoms with van der Waals surface area (Å²) < 4.78 is 38.8. The number of nitrogens with two attached hydrogens (primary N) is 1. The van der Waals surface area contributed by atoms with Gasteiger partial charge in [0.25, 0.3) is 0 Å². The first-order valence-electron chi connectivity index (χ1n) is 5.86. The molecule has 1 aliphatic heterocycles. The van der Waals surface area contributed by atoms with Crippen LogP contribution in [0.5, 0.6) is 0 Å². The molecule has 0 atom stereocenters. The van der Waals surface area contributed by atoms with E-state index in [-0.39, 0.29) is 0 Å². The molecule has 104 valence electrons. The molecule has 3 N–H and O–H groups in total. The third kappa shape index (κ3) is 2.98. The second-order valence-corrected chi connectivity index (χ2v) is 4.33. The van der Waals surface area contributed by atoms with Gasteiger partial charge in [0.05, 0.1) is 11.1 Å². The number of hydrogen-bond donors (Lipinski definition) is 2. The van der Waals surface area contributed by atoms with Gasteiger partial charge in [-0.25, -0.2) is 0 Å². The van der Waals surface area contributed by atoms with Crippen LogP contribution >= 0.6 is 0 Å². The number of alkyl halides is 3. The lowest BCUT2D eigenvalue weighted by atomic mass is 10.0. The predicted molar refractivity (Wildman–Crippen MR) is 65.0 cm³/mol. The first-order valence-corrected chi connectivity index (χ1v) is 5.86. The minimum Gasteiger partial charge on any atom is -0.369 e. The zero-order valence-corrected chi connectivity index (χ0v) is 10.1. The van der Waals surface area contributed by atoms with E-state index in [1.165, 1.54) is 6.07 Å². The number of amides is 1. The Balaban J connectivity index is 2.40. The molecule has 7 heteroatoms. The number of anilines is 1. The Bertz CT molecular complexity index is 482. The Labute approximate surface area is 108 Å². The van der Waals surface area contributed by atoms with E-state index in [4.69, 9.17) is 5.73 Å². The van der Waals surface area contributed by atoms with Crippen LogP contribution in [0.2, 0.25) is 0 Å². The lowest BCUT2D eigenvalue weighted by Gasteiger charge is -2.30. The normalized spacial score (nSPS) is 16.5. The predicted octanol–water partition coefficient (Wildman–Crippen LogP) is 1.21. The molecule has 0 saturated carbocycles. The number of rotatable bonds is 2. The minimum absolute atomic E-state index is 0.457. The summed E-state index contributed by atoms with van der Waals surface area (Å²) >= 11 is 0. The molecule has 0 spiro atoms. The summed E-state index contributed by atoms with van der Waals surface area (Å²) in [7, 11) is 0. The molecule has 0 bridgehead atoms. The Morgan fingerprint density at radius 2 is 1.89 bits per heavy atom. The standard InChI is InChI=1S/C12H14F3N3O/c13-12(14,15)10-7-8(1-2-9(10)11(16)19)18-5-3-17-4-6-18/h1-2,7,17H,3-6H2,(H2,16,19). The van der Waals surface area contributed by atoms with E-state index in [1.807, 2.05) is 4.90 Å². The van der Waals surface area contributed by atoms with E-state index in [9.17, 15) is 18.0 Å². The third-order valence-corrected chi connectivity index (χ3v) is 3.06. The molecule has 1 aromatic rings. The summed E-state index contributed by atoms with van der Waals surface area (Å²) in [6, 6.07) is 3.63. The van der Waals surface area contributed by atoms with Gasteiger partial charge < -0.3 is 16.0 Å². The summed E-state index contributed by atoms with van der Waals surface area (Å²) in [5, 5.41) is 3.12. The summed E-state index contributed by atoms with van der Waals surface area (Å²) in [6.45, 7) is 2.71. The second kappa shape index (κ2) is 5.08. The summed E-state index contributed by atoms with van der Waals surface area (Å²) in [5.41, 5.74) is 3.96. The fourth-order valence-corrected chi connectivity index (χ4v) is 2.10. The van der Waals surface area contributed by atoms with Crippen LogP contribution in [0.25, 0.3) is 0 Å². The molecule has 2 rings (SSSR count). The monoisotopic (exact) mass is 273 g/mol. The third-order valence-electron chi connectivity index (χ3n) is 3.06. The van der Waals surface area contributed by atoms with Crippen molar-refractivity contribution in [3.63, 3.8) is 0 Å². The van der Waals surface area contributed by atoms with Crippen LogP contribution in [0.15, 0.2) is 18.2 Å². The van der Waals surface area contributed by atoms with Gasteiger partial charge in [0.1, 0.15) is 0 Å². The van der Waals surface area contributed by atoms with E-state index in [0.717, 1.165) is 25.2 Å². The van der Waals surface area contributed by atoms with Crippen molar-refractivity contribution < 1.29 is 18.0 Å². The molecule has 1 aromatic carbocycles. The average molecular weight is 273 g/mol. The van der Waals surface area contributed by atoms with Gasteiger partial charge in [-0.1, -0.05) is 0 Å². The maximum Gasteiger partial charge on any atom is 0.417 e. The number of carbonyl (C=O) groups excluding carboxylic acids is 1. The second-order valence-electron chi connectivity index (χ2n) is 4.33. The van der Waals surface area contributed by atoms with E-state index < -0.39 is 23.2 Å². The lowest BCUT2D eigenvalue weighted by molar-refractivity contribution is -0.137. The van der Waals surface area contributed by atoms with Crippen LogP contribution in [0.4, 0.5) is 18.9 Å². The molecular formula is C12H14F3N3O. The Kier molecular flexibility index (Phi) is 3.66. The Morgan fingerprint density at radius 1 is 1.26 bits per heavy atom. The molecule has 4 nitrogen and oxygen atoms in total.